The van der Waals surface area contributed by atoms with Crippen LogP contribution >= 0.6 is 11.3 Å². The Labute approximate surface area is 111 Å². The molecule has 0 bridgehead atoms. The Balaban J connectivity index is 1.97. The highest BCUT2D eigenvalue weighted by atomic mass is 32.1. The normalized spacial score (nSPS) is 20.9. The van der Waals surface area contributed by atoms with Crippen LogP contribution in [-0.2, 0) is 11.3 Å². The lowest BCUT2D eigenvalue weighted by atomic mass is 9.98. The molecule has 18 heavy (non-hydrogen) atoms. The third-order valence-corrected chi connectivity index (χ3v) is 4.44. The Kier molecular flexibility index (Phi) is 4.54. The van der Waals surface area contributed by atoms with E-state index in [1.165, 1.54) is 17.8 Å². The summed E-state index contributed by atoms with van der Waals surface area (Å²) in [6.07, 6.45) is 5.78. The summed E-state index contributed by atoms with van der Waals surface area (Å²) in [4.78, 5) is 19.2. The third kappa shape index (κ3) is 3.20. The van der Waals surface area contributed by atoms with Gasteiger partial charge in [-0.05, 0) is 18.8 Å². The number of anilines is 1. The molecule has 2 rings (SSSR count). The zero-order valence-corrected chi connectivity index (χ0v) is 11.5. The van der Waals surface area contributed by atoms with Crippen molar-refractivity contribution in [2.45, 2.75) is 39.2 Å². The van der Waals surface area contributed by atoms with Crippen molar-refractivity contribution in [2.75, 3.05) is 12.0 Å². The molecule has 1 amide bonds. The monoisotopic (exact) mass is 268 g/mol. The van der Waals surface area contributed by atoms with Crippen LogP contribution in [0.1, 0.15) is 37.5 Å². The van der Waals surface area contributed by atoms with Crippen molar-refractivity contribution in [3.8, 4) is 0 Å². The molecule has 3 N–H and O–H groups in total. The zero-order chi connectivity index (χ0) is 13.0. The van der Waals surface area contributed by atoms with E-state index in [1.807, 2.05) is 4.90 Å². The van der Waals surface area contributed by atoms with E-state index in [4.69, 9.17) is 5.84 Å². The molecule has 5 nitrogen and oxygen atoms in total. The van der Waals surface area contributed by atoms with Gasteiger partial charge in [-0.2, -0.15) is 0 Å². The fourth-order valence-electron chi connectivity index (χ4n) is 2.30. The first-order chi connectivity index (χ1) is 8.72. The second-order valence-corrected chi connectivity index (χ2v) is 5.81. The predicted molar refractivity (Wildman–Crippen MR) is 73.0 cm³/mol. The van der Waals surface area contributed by atoms with Gasteiger partial charge < -0.3 is 4.90 Å². The first-order valence-electron chi connectivity index (χ1n) is 6.42. The van der Waals surface area contributed by atoms with E-state index in [-0.39, 0.29) is 5.91 Å². The molecule has 2 heterocycles. The highest BCUT2D eigenvalue weighted by Crippen LogP contribution is 2.24. The van der Waals surface area contributed by atoms with Crippen molar-refractivity contribution in [1.82, 2.24) is 9.88 Å². The van der Waals surface area contributed by atoms with Crippen LogP contribution in [-0.4, -0.2) is 22.3 Å². The zero-order valence-electron chi connectivity index (χ0n) is 10.7. The number of nitrogen functional groups attached to an aromatic ring is 1. The minimum Gasteiger partial charge on any atom is -0.337 e. The van der Waals surface area contributed by atoms with E-state index in [9.17, 15) is 4.79 Å². The minimum atomic E-state index is 0.265. The van der Waals surface area contributed by atoms with Gasteiger partial charge in [0, 0.05) is 24.0 Å². The Bertz CT molecular complexity index is 407. The number of nitrogens with one attached hydrogen (secondary N) is 1. The van der Waals surface area contributed by atoms with Gasteiger partial charge in [-0.3, -0.25) is 10.2 Å². The van der Waals surface area contributed by atoms with Gasteiger partial charge in [-0.1, -0.05) is 24.7 Å². The molecule has 0 aliphatic carbocycles. The van der Waals surface area contributed by atoms with Gasteiger partial charge in [0.2, 0.25) is 5.91 Å². The summed E-state index contributed by atoms with van der Waals surface area (Å²) in [6, 6.07) is 0. The number of aromatic nitrogens is 1. The van der Waals surface area contributed by atoms with Gasteiger partial charge in [0.25, 0.3) is 0 Å². The van der Waals surface area contributed by atoms with E-state index >= 15 is 0 Å². The Morgan fingerprint density at radius 1 is 1.61 bits per heavy atom. The molecule has 1 aliphatic heterocycles. The van der Waals surface area contributed by atoms with Gasteiger partial charge in [0.05, 0.1) is 6.54 Å². The summed E-state index contributed by atoms with van der Waals surface area (Å²) in [5.41, 5.74) is 2.53. The number of nitrogens with two attached hydrogens (primary N) is 1. The molecule has 6 heteroatoms. The quantitative estimate of drug-likeness (QED) is 0.647. The fourth-order valence-corrected chi connectivity index (χ4v) is 3.04. The molecule has 100 valence electrons. The molecule has 0 radical (unpaired) electrons. The average molecular weight is 268 g/mol. The molecular formula is C12H20N4OS. The van der Waals surface area contributed by atoms with Crippen LogP contribution in [0.15, 0.2) is 6.20 Å². The maximum atomic E-state index is 12.0. The first kappa shape index (κ1) is 13.3. The molecule has 1 unspecified atom stereocenters. The highest BCUT2D eigenvalue weighted by molar-refractivity contribution is 7.15. The van der Waals surface area contributed by atoms with Gasteiger partial charge in [-0.15, -0.1) is 0 Å². The van der Waals surface area contributed by atoms with Crippen LogP contribution in [0.25, 0.3) is 0 Å². The second kappa shape index (κ2) is 6.15. The molecule has 1 aromatic rings. The van der Waals surface area contributed by atoms with Crippen molar-refractivity contribution in [2.24, 2.45) is 11.8 Å². The van der Waals surface area contributed by atoms with Crippen molar-refractivity contribution in [3.05, 3.63) is 11.1 Å². The lowest BCUT2D eigenvalue weighted by molar-refractivity contribution is -0.131. The summed E-state index contributed by atoms with van der Waals surface area (Å²) in [6.45, 7) is 3.72. The van der Waals surface area contributed by atoms with Gasteiger partial charge in [0.1, 0.15) is 0 Å². The average Bonchev–Trinajstić information content (AvgIpc) is 2.77. The Morgan fingerprint density at radius 2 is 2.44 bits per heavy atom. The molecule has 1 aliphatic rings. The Hall–Kier alpha value is -1.14. The van der Waals surface area contributed by atoms with Crippen molar-refractivity contribution in [1.29, 1.82) is 0 Å². The summed E-state index contributed by atoms with van der Waals surface area (Å²) < 4.78 is 0. The maximum Gasteiger partial charge on any atom is 0.222 e. The number of amides is 1. The largest absolute Gasteiger partial charge is 0.337 e. The van der Waals surface area contributed by atoms with Crippen LogP contribution in [0, 0.1) is 5.92 Å². The van der Waals surface area contributed by atoms with E-state index in [0.29, 0.717) is 24.0 Å². The fraction of sp³-hybridized carbons (Fsp3) is 0.667. The smallest absolute Gasteiger partial charge is 0.222 e. The molecule has 0 spiro atoms. The number of likely N-dealkylation sites (tertiary alicyclic amines) is 1. The number of carbonyl (C=O) groups is 1. The standard InChI is InChI=1S/C12H20N4OS/c1-2-9-3-4-11(17)16(6-5-9)8-10-7-14-12(15-13)18-10/h7,9H,2-6,8,13H2,1H3,(H,14,15). The molecule has 0 saturated carbocycles. The molecule has 1 fully saturated rings. The summed E-state index contributed by atoms with van der Waals surface area (Å²) >= 11 is 1.50. The highest BCUT2D eigenvalue weighted by Gasteiger charge is 2.22. The van der Waals surface area contributed by atoms with E-state index in [2.05, 4.69) is 17.3 Å². The van der Waals surface area contributed by atoms with Crippen LogP contribution in [0.2, 0.25) is 0 Å². The number of rotatable bonds is 4. The molecular weight excluding hydrogens is 248 g/mol. The summed E-state index contributed by atoms with van der Waals surface area (Å²) in [7, 11) is 0. The van der Waals surface area contributed by atoms with Crippen LogP contribution in [0.4, 0.5) is 5.13 Å². The molecule has 1 saturated heterocycles. The number of hydrogen-bond acceptors (Lipinski definition) is 5. The Morgan fingerprint density at radius 3 is 3.11 bits per heavy atom. The van der Waals surface area contributed by atoms with Crippen molar-refractivity contribution in [3.63, 3.8) is 0 Å². The van der Waals surface area contributed by atoms with E-state index in [0.717, 1.165) is 24.3 Å². The first-order valence-corrected chi connectivity index (χ1v) is 7.23. The van der Waals surface area contributed by atoms with Crippen LogP contribution < -0.4 is 11.3 Å². The summed E-state index contributed by atoms with van der Waals surface area (Å²) in [5, 5.41) is 0.693. The maximum absolute atomic E-state index is 12.0. The summed E-state index contributed by atoms with van der Waals surface area (Å²) in [5.74, 6) is 6.26. The lowest BCUT2D eigenvalue weighted by Crippen LogP contribution is -2.29. The minimum absolute atomic E-state index is 0.265. The van der Waals surface area contributed by atoms with Gasteiger partial charge in [-0.25, -0.2) is 10.8 Å². The predicted octanol–water partition coefficient (Wildman–Crippen LogP) is 1.97. The van der Waals surface area contributed by atoms with E-state index < -0.39 is 0 Å². The topological polar surface area (TPSA) is 71.2 Å². The number of carbonyl (C=O) groups excluding carboxylic acids is 1. The molecule has 0 aromatic carbocycles. The van der Waals surface area contributed by atoms with E-state index in [1.54, 1.807) is 6.20 Å². The molecule has 1 aromatic heterocycles. The van der Waals surface area contributed by atoms with Crippen molar-refractivity contribution >= 4 is 22.4 Å². The lowest BCUT2D eigenvalue weighted by Gasteiger charge is -2.19. The van der Waals surface area contributed by atoms with Gasteiger partial charge >= 0.3 is 0 Å². The third-order valence-electron chi connectivity index (χ3n) is 3.53. The molecule has 1 atom stereocenters. The number of hydrogen-bond donors (Lipinski definition) is 2. The second-order valence-electron chi connectivity index (χ2n) is 4.69. The number of nitrogens with zero attached hydrogens (tertiary/aromatic N) is 2. The number of hydrazine groups is 1. The van der Waals surface area contributed by atoms with Crippen LogP contribution in [0.3, 0.4) is 0 Å². The van der Waals surface area contributed by atoms with Gasteiger partial charge in [0.15, 0.2) is 5.13 Å². The SMILES string of the molecule is CCC1CCC(=O)N(Cc2cnc(NN)s2)CC1. The van der Waals surface area contributed by atoms with Crippen molar-refractivity contribution < 1.29 is 4.79 Å². The number of thiazole rings is 1. The van der Waals surface area contributed by atoms with Crippen LogP contribution in [0.5, 0.6) is 0 Å².